The lowest BCUT2D eigenvalue weighted by molar-refractivity contribution is -0.119. The van der Waals surface area contributed by atoms with Crippen LogP contribution in [0, 0.1) is 0 Å². The standard InChI is InChI=1S/C15H17NO3/c1-8(2)10-4-6-11(7-5-10)13-12(9(3)17)14(18)15(19)16-13/h4-8,13,18H,1-3H3,(H,16,19)/t13-/m1/s1. The van der Waals surface area contributed by atoms with E-state index in [9.17, 15) is 14.7 Å². The van der Waals surface area contributed by atoms with Gasteiger partial charge in [-0.1, -0.05) is 38.1 Å². The number of benzene rings is 1. The van der Waals surface area contributed by atoms with Gasteiger partial charge >= 0.3 is 0 Å². The highest BCUT2D eigenvalue weighted by molar-refractivity contribution is 6.08. The van der Waals surface area contributed by atoms with Crippen LogP contribution in [0.2, 0.25) is 0 Å². The molecule has 19 heavy (non-hydrogen) atoms. The number of carbonyl (C=O) groups is 2. The molecule has 2 N–H and O–H groups in total. The van der Waals surface area contributed by atoms with E-state index in [-0.39, 0.29) is 11.4 Å². The number of carbonyl (C=O) groups excluding carboxylic acids is 2. The van der Waals surface area contributed by atoms with Gasteiger partial charge in [-0.2, -0.15) is 0 Å². The summed E-state index contributed by atoms with van der Waals surface area (Å²) in [5.74, 6) is -0.939. The summed E-state index contributed by atoms with van der Waals surface area (Å²) >= 11 is 0. The Hall–Kier alpha value is -2.10. The van der Waals surface area contributed by atoms with Crippen molar-refractivity contribution >= 4 is 11.7 Å². The SMILES string of the molecule is CC(=O)C1=C(O)C(=O)N[C@@H]1c1ccc(C(C)C)cc1. The maximum absolute atomic E-state index is 11.6. The first-order valence-corrected chi connectivity index (χ1v) is 6.26. The van der Waals surface area contributed by atoms with Crippen LogP contribution in [0.4, 0.5) is 0 Å². The van der Waals surface area contributed by atoms with Crippen molar-refractivity contribution in [2.45, 2.75) is 32.7 Å². The smallest absolute Gasteiger partial charge is 0.287 e. The van der Waals surface area contributed by atoms with Crippen molar-refractivity contribution in [2.75, 3.05) is 0 Å². The van der Waals surface area contributed by atoms with Crippen molar-refractivity contribution in [3.05, 3.63) is 46.7 Å². The number of hydrogen-bond acceptors (Lipinski definition) is 3. The summed E-state index contributed by atoms with van der Waals surface area (Å²) in [5, 5.41) is 12.3. The molecule has 100 valence electrons. The van der Waals surface area contributed by atoms with Gasteiger partial charge in [0.15, 0.2) is 11.5 Å². The van der Waals surface area contributed by atoms with Crippen LogP contribution in [0.3, 0.4) is 0 Å². The molecule has 0 saturated heterocycles. The number of hydrogen-bond donors (Lipinski definition) is 2. The van der Waals surface area contributed by atoms with Gasteiger partial charge in [-0.05, 0) is 24.0 Å². The van der Waals surface area contributed by atoms with Crippen LogP contribution in [0.1, 0.15) is 43.9 Å². The molecule has 0 unspecified atom stereocenters. The first kappa shape index (κ1) is 13.3. The van der Waals surface area contributed by atoms with Crippen LogP contribution in [-0.4, -0.2) is 16.8 Å². The molecule has 1 amide bonds. The predicted molar refractivity (Wildman–Crippen MR) is 71.8 cm³/mol. The minimum Gasteiger partial charge on any atom is -0.503 e. The Bertz CT molecular complexity index is 555. The summed E-state index contributed by atoms with van der Waals surface area (Å²) in [5.41, 5.74) is 2.12. The number of nitrogens with one attached hydrogen (secondary N) is 1. The molecule has 0 spiro atoms. The molecule has 0 fully saturated rings. The Morgan fingerprint density at radius 3 is 2.32 bits per heavy atom. The number of ketones is 1. The summed E-state index contributed by atoms with van der Waals surface area (Å²) in [6.45, 7) is 5.54. The third kappa shape index (κ3) is 2.38. The zero-order valence-electron chi connectivity index (χ0n) is 11.2. The van der Waals surface area contributed by atoms with E-state index in [1.165, 1.54) is 12.5 Å². The Labute approximate surface area is 112 Å². The maximum Gasteiger partial charge on any atom is 0.287 e. The highest BCUT2D eigenvalue weighted by Crippen LogP contribution is 2.30. The second-order valence-electron chi connectivity index (χ2n) is 5.05. The fourth-order valence-corrected chi connectivity index (χ4v) is 2.22. The van der Waals surface area contributed by atoms with Gasteiger partial charge < -0.3 is 10.4 Å². The number of amides is 1. The van der Waals surface area contributed by atoms with Crippen LogP contribution in [0.5, 0.6) is 0 Å². The predicted octanol–water partition coefficient (Wildman–Crippen LogP) is 2.38. The van der Waals surface area contributed by atoms with Gasteiger partial charge in [0.1, 0.15) is 0 Å². The van der Waals surface area contributed by atoms with Gasteiger partial charge in [0.25, 0.3) is 5.91 Å². The lowest BCUT2D eigenvalue weighted by Crippen LogP contribution is -2.23. The second-order valence-corrected chi connectivity index (χ2v) is 5.05. The monoisotopic (exact) mass is 259 g/mol. The summed E-state index contributed by atoms with van der Waals surface area (Å²) in [7, 11) is 0. The minimum atomic E-state index is -0.594. The molecule has 1 aliphatic heterocycles. The minimum absolute atomic E-state index is 0.141. The molecule has 4 nitrogen and oxygen atoms in total. The van der Waals surface area contributed by atoms with E-state index in [0.29, 0.717) is 5.92 Å². The average molecular weight is 259 g/mol. The number of rotatable bonds is 3. The van der Waals surface area contributed by atoms with Crippen LogP contribution >= 0.6 is 0 Å². The second kappa shape index (κ2) is 4.88. The van der Waals surface area contributed by atoms with Gasteiger partial charge in [-0.3, -0.25) is 9.59 Å². The Morgan fingerprint density at radius 1 is 1.26 bits per heavy atom. The number of aliphatic hydroxyl groups is 1. The van der Waals surface area contributed by atoms with E-state index in [2.05, 4.69) is 19.2 Å². The molecule has 1 aliphatic rings. The molecule has 0 aliphatic carbocycles. The quantitative estimate of drug-likeness (QED) is 0.875. The van der Waals surface area contributed by atoms with E-state index in [1.807, 2.05) is 24.3 Å². The first-order valence-electron chi connectivity index (χ1n) is 6.26. The summed E-state index contributed by atoms with van der Waals surface area (Å²) in [6.07, 6.45) is 0. The van der Waals surface area contributed by atoms with Crippen molar-refractivity contribution in [1.29, 1.82) is 0 Å². The highest BCUT2D eigenvalue weighted by Gasteiger charge is 2.35. The van der Waals surface area contributed by atoms with Gasteiger partial charge in [-0.25, -0.2) is 0 Å². The van der Waals surface area contributed by atoms with E-state index < -0.39 is 17.7 Å². The van der Waals surface area contributed by atoms with E-state index in [4.69, 9.17) is 0 Å². The van der Waals surface area contributed by atoms with Crippen LogP contribution < -0.4 is 5.32 Å². The molecular weight excluding hydrogens is 242 g/mol. The lowest BCUT2D eigenvalue weighted by atomic mass is 9.95. The van der Waals surface area contributed by atoms with E-state index in [1.54, 1.807) is 0 Å². The molecular formula is C15H17NO3. The zero-order chi connectivity index (χ0) is 14.2. The number of aliphatic hydroxyl groups excluding tert-OH is 1. The molecule has 0 bridgehead atoms. The first-order chi connectivity index (χ1) is 8.91. The van der Waals surface area contributed by atoms with Crippen molar-refractivity contribution in [1.82, 2.24) is 5.32 Å². The summed E-state index contributed by atoms with van der Waals surface area (Å²) < 4.78 is 0. The van der Waals surface area contributed by atoms with Crippen LogP contribution in [-0.2, 0) is 9.59 Å². The van der Waals surface area contributed by atoms with Crippen molar-refractivity contribution < 1.29 is 14.7 Å². The summed E-state index contributed by atoms with van der Waals surface area (Å²) in [6, 6.07) is 7.15. The van der Waals surface area contributed by atoms with E-state index >= 15 is 0 Å². The molecule has 2 rings (SSSR count). The van der Waals surface area contributed by atoms with Gasteiger partial charge in [0.05, 0.1) is 11.6 Å². The molecule has 1 aromatic rings. The molecule has 0 saturated carbocycles. The molecule has 1 heterocycles. The van der Waals surface area contributed by atoms with Gasteiger partial charge in [-0.15, -0.1) is 0 Å². The Morgan fingerprint density at radius 2 is 1.84 bits per heavy atom. The normalized spacial score (nSPS) is 18.9. The highest BCUT2D eigenvalue weighted by atomic mass is 16.3. The Balaban J connectivity index is 2.37. The molecule has 1 aromatic carbocycles. The van der Waals surface area contributed by atoms with Crippen LogP contribution in [0.25, 0.3) is 0 Å². The maximum atomic E-state index is 11.6. The van der Waals surface area contributed by atoms with Crippen molar-refractivity contribution in [2.24, 2.45) is 0 Å². The fourth-order valence-electron chi connectivity index (χ4n) is 2.22. The molecule has 4 heteroatoms. The third-order valence-corrected chi connectivity index (χ3v) is 3.35. The van der Waals surface area contributed by atoms with Crippen molar-refractivity contribution in [3.8, 4) is 0 Å². The topological polar surface area (TPSA) is 66.4 Å². The lowest BCUT2D eigenvalue weighted by Gasteiger charge is -2.14. The molecule has 0 radical (unpaired) electrons. The fraction of sp³-hybridized carbons (Fsp3) is 0.333. The zero-order valence-corrected chi connectivity index (χ0v) is 11.2. The van der Waals surface area contributed by atoms with Crippen LogP contribution in [0.15, 0.2) is 35.6 Å². The van der Waals surface area contributed by atoms with Crippen molar-refractivity contribution in [3.63, 3.8) is 0 Å². The number of Topliss-reactive ketones (excluding diaryl/α,β-unsaturated/α-hetero) is 1. The average Bonchev–Trinajstić information content (AvgIpc) is 2.66. The van der Waals surface area contributed by atoms with Gasteiger partial charge in [0.2, 0.25) is 0 Å². The summed E-state index contributed by atoms with van der Waals surface area (Å²) in [4.78, 5) is 23.0. The third-order valence-electron chi connectivity index (χ3n) is 3.35. The van der Waals surface area contributed by atoms with Gasteiger partial charge in [0, 0.05) is 0 Å². The van der Waals surface area contributed by atoms with E-state index in [0.717, 1.165) is 5.56 Å². The molecule has 1 atom stereocenters. The largest absolute Gasteiger partial charge is 0.503 e. The molecule has 0 aromatic heterocycles. The Kier molecular flexibility index (Phi) is 3.42.